The summed E-state index contributed by atoms with van der Waals surface area (Å²) in [6, 6.07) is 0.376. The first kappa shape index (κ1) is 13.8. The molecule has 0 rings (SSSR count). The molecule has 0 saturated heterocycles. The second-order valence-electron chi connectivity index (χ2n) is 4.06. The van der Waals surface area contributed by atoms with Crippen LogP contribution in [-0.4, -0.2) is 18.8 Å². The first-order valence-electron chi connectivity index (χ1n) is 5.13. The zero-order chi connectivity index (χ0) is 11.2. The van der Waals surface area contributed by atoms with Gasteiger partial charge in [-0.15, -0.1) is 0 Å². The molecule has 0 aliphatic heterocycles. The first-order valence-corrected chi connectivity index (χ1v) is 5.13. The monoisotopic (exact) mass is 211 g/mol. The molecular weight excluding hydrogens is 191 g/mol. The van der Waals surface area contributed by atoms with Crippen molar-refractivity contribution >= 4 is 0 Å². The van der Waals surface area contributed by atoms with Crippen LogP contribution in [0.1, 0.15) is 40.0 Å². The van der Waals surface area contributed by atoms with Crippen molar-refractivity contribution in [2.24, 2.45) is 5.92 Å². The Kier molecular flexibility index (Phi) is 6.16. The highest BCUT2D eigenvalue weighted by Crippen LogP contribution is 2.21. The number of hydrogen-bond donors (Lipinski definition) is 1. The second kappa shape index (κ2) is 6.27. The quantitative estimate of drug-likeness (QED) is 0.664. The Labute approximate surface area is 84.1 Å². The summed E-state index contributed by atoms with van der Waals surface area (Å²) >= 11 is 0. The zero-order valence-electron chi connectivity index (χ0n) is 9.12. The normalized spacial score (nSPS) is 14.8. The van der Waals surface area contributed by atoms with Gasteiger partial charge in [-0.1, -0.05) is 13.8 Å². The molecule has 14 heavy (non-hydrogen) atoms. The number of alkyl halides is 3. The van der Waals surface area contributed by atoms with E-state index in [1.807, 2.05) is 0 Å². The van der Waals surface area contributed by atoms with Gasteiger partial charge in [-0.2, -0.15) is 13.2 Å². The van der Waals surface area contributed by atoms with Crippen LogP contribution in [0.2, 0.25) is 0 Å². The maximum atomic E-state index is 11.7. The molecule has 0 spiro atoms. The first-order chi connectivity index (χ1) is 6.33. The van der Waals surface area contributed by atoms with Gasteiger partial charge in [0.05, 0.1) is 0 Å². The number of rotatable bonds is 6. The molecule has 86 valence electrons. The van der Waals surface area contributed by atoms with Crippen molar-refractivity contribution in [3.05, 3.63) is 0 Å². The van der Waals surface area contributed by atoms with E-state index in [9.17, 15) is 13.2 Å². The average Bonchev–Trinajstić information content (AvgIpc) is 2.01. The Bertz CT molecular complexity index is 143. The Morgan fingerprint density at radius 1 is 1.07 bits per heavy atom. The van der Waals surface area contributed by atoms with E-state index in [4.69, 9.17) is 0 Å². The smallest absolute Gasteiger partial charge is 0.314 e. The highest BCUT2D eigenvalue weighted by atomic mass is 19.4. The second-order valence-corrected chi connectivity index (χ2v) is 4.06. The van der Waals surface area contributed by atoms with Gasteiger partial charge in [0.25, 0.3) is 0 Å². The number of hydrogen-bond acceptors (Lipinski definition) is 1. The Hall–Kier alpha value is -0.250. The largest absolute Gasteiger partial charge is 0.389 e. The molecule has 1 N–H and O–H groups in total. The van der Waals surface area contributed by atoms with E-state index in [1.165, 1.54) is 0 Å². The van der Waals surface area contributed by atoms with Crippen molar-refractivity contribution in [3.8, 4) is 0 Å². The van der Waals surface area contributed by atoms with Gasteiger partial charge in [0.2, 0.25) is 0 Å². The molecule has 0 fully saturated rings. The summed E-state index contributed by atoms with van der Waals surface area (Å²) in [5, 5.41) is 3.20. The van der Waals surface area contributed by atoms with E-state index < -0.39 is 12.6 Å². The predicted octanol–water partition coefficient (Wildman–Crippen LogP) is 3.35. The van der Waals surface area contributed by atoms with Crippen molar-refractivity contribution in [3.63, 3.8) is 0 Å². The molecule has 4 heteroatoms. The lowest BCUT2D eigenvalue weighted by atomic mass is 10.1. The van der Waals surface area contributed by atoms with Crippen molar-refractivity contribution in [1.82, 2.24) is 5.32 Å². The van der Waals surface area contributed by atoms with E-state index in [2.05, 4.69) is 26.1 Å². The van der Waals surface area contributed by atoms with Crippen LogP contribution in [0, 0.1) is 5.92 Å². The highest BCUT2D eigenvalue weighted by molar-refractivity contribution is 4.64. The van der Waals surface area contributed by atoms with Gasteiger partial charge in [0, 0.05) is 12.5 Å². The van der Waals surface area contributed by atoms with Crippen LogP contribution in [0.25, 0.3) is 0 Å². The van der Waals surface area contributed by atoms with Gasteiger partial charge in [-0.05, 0) is 32.2 Å². The van der Waals surface area contributed by atoms with E-state index >= 15 is 0 Å². The summed E-state index contributed by atoms with van der Waals surface area (Å²) < 4.78 is 35.2. The summed E-state index contributed by atoms with van der Waals surface area (Å²) in [7, 11) is 0. The molecule has 0 heterocycles. The van der Waals surface area contributed by atoms with Gasteiger partial charge in [-0.25, -0.2) is 0 Å². The van der Waals surface area contributed by atoms with Crippen LogP contribution < -0.4 is 5.32 Å². The molecule has 1 nitrogen and oxygen atoms in total. The van der Waals surface area contributed by atoms with Crippen LogP contribution in [0.5, 0.6) is 0 Å². The summed E-state index contributed by atoms with van der Waals surface area (Å²) in [5.41, 5.74) is 0. The third-order valence-corrected chi connectivity index (χ3v) is 2.35. The van der Waals surface area contributed by atoms with Crippen molar-refractivity contribution < 1.29 is 13.2 Å². The van der Waals surface area contributed by atoms with Crippen LogP contribution in [-0.2, 0) is 0 Å². The molecule has 0 saturated carbocycles. The highest BCUT2D eigenvalue weighted by Gasteiger charge is 2.25. The lowest BCUT2D eigenvalue weighted by Gasteiger charge is -2.17. The summed E-state index contributed by atoms with van der Waals surface area (Å²) in [6.07, 6.45) is -3.84. The number of nitrogens with one attached hydrogen (secondary N) is 1. The summed E-state index contributed by atoms with van der Waals surface area (Å²) in [6.45, 7) is 6.91. The van der Waals surface area contributed by atoms with Gasteiger partial charge in [-0.3, -0.25) is 0 Å². The van der Waals surface area contributed by atoms with Crippen LogP contribution >= 0.6 is 0 Å². The van der Waals surface area contributed by atoms with Crippen molar-refractivity contribution in [2.45, 2.75) is 52.3 Å². The summed E-state index contributed by atoms with van der Waals surface area (Å²) in [4.78, 5) is 0. The molecule has 0 aliphatic carbocycles. The van der Waals surface area contributed by atoms with E-state index in [0.29, 0.717) is 24.9 Å². The molecule has 0 amide bonds. The molecule has 0 aromatic carbocycles. The lowest BCUT2D eigenvalue weighted by molar-refractivity contribution is -0.135. The van der Waals surface area contributed by atoms with Gasteiger partial charge >= 0.3 is 6.18 Å². The Morgan fingerprint density at radius 2 is 1.64 bits per heavy atom. The molecule has 0 aromatic heterocycles. The van der Waals surface area contributed by atoms with Gasteiger partial charge in [0.15, 0.2) is 0 Å². The maximum Gasteiger partial charge on any atom is 0.389 e. The van der Waals surface area contributed by atoms with E-state index in [-0.39, 0.29) is 6.42 Å². The molecule has 1 atom stereocenters. The molecule has 0 aromatic rings. The molecule has 0 bridgehead atoms. The number of unbranched alkanes of at least 4 members (excludes halogenated alkanes) is 1. The third-order valence-electron chi connectivity index (χ3n) is 2.35. The molecule has 0 aliphatic rings. The van der Waals surface area contributed by atoms with E-state index in [1.54, 1.807) is 0 Å². The molecule has 1 unspecified atom stereocenters. The predicted molar refractivity (Wildman–Crippen MR) is 52.2 cm³/mol. The zero-order valence-corrected chi connectivity index (χ0v) is 9.12. The summed E-state index contributed by atoms with van der Waals surface area (Å²) in [5.74, 6) is 0.526. The number of halogens is 3. The van der Waals surface area contributed by atoms with Gasteiger partial charge in [0.1, 0.15) is 0 Å². The topological polar surface area (TPSA) is 12.0 Å². The van der Waals surface area contributed by atoms with Crippen molar-refractivity contribution in [1.29, 1.82) is 0 Å². The average molecular weight is 211 g/mol. The fraction of sp³-hybridized carbons (Fsp3) is 1.00. The van der Waals surface area contributed by atoms with Crippen LogP contribution in [0.4, 0.5) is 13.2 Å². The fourth-order valence-corrected chi connectivity index (χ4v) is 1.02. The van der Waals surface area contributed by atoms with Crippen molar-refractivity contribution in [2.75, 3.05) is 6.54 Å². The Morgan fingerprint density at radius 3 is 2.07 bits per heavy atom. The third kappa shape index (κ3) is 8.35. The van der Waals surface area contributed by atoms with Crippen LogP contribution in [0.3, 0.4) is 0 Å². The SMILES string of the molecule is CC(C)C(C)NCCCCC(F)(F)F. The minimum absolute atomic E-state index is 0.224. The lowest BCUT2D eigenvalue weighted by Crippen LogP contribution is -2.31. The standard InChI is InChI=1S/C10H20F3N/c1-8(2)9(3)14-7-5-4-6-10(11,12)13/h8-9,14H,4-7H2,1-3H3. The minimum atomic E-state index is -4.00. The van der Waals surface area contributed by atoms with Gasteiger partial charge < -0.3 is 5.32 Å². The molecule has 0 radical (unpaired) electrons. The maximum absolute atomic E-state index is 11.7. The van der Waals surface area contributed by atoms with Crippen LogP contribution in [0.15, 0.2) is 0 Å². The fourth-order valence-electron chi connectivity index (χ4n) is 1.02. The van der Waals surface area contributed by atoms with E-state index in [0.717, 1.165) is 0 Å². The Balaban J connectivity index is 3.30. The minimum Gasteiger partial charge on any atom is -0.314 e. The molecular formula is C10H20F3N.